The number of nitriles is 1. The van der Waals surface area contributed by atoms with Gasteiger partial charge >= 0.3 is 0 Å². The Morgan fingerprint density at radius 3 is 2.53 bits per heavy atom. The Morgan fingerprint density at radius 2 is 2.00 bits per heavy atom. The number of benzene rings is 1. The topological polar surface area (TPSA) is 36.3 Å². The van der Waals surface area contributed by atoms with E-state index in [-0.39, 0.29) is 0 Å². The molecule has 1 rings (SSSR count). The zero-order valence-electron chi connectivity index (χ0n) is 12.2. The van der Waals surface area contributed by atoms with E-state index in [1.54, 1.807) is 7.11 Å². The van der Waals surface area contributed by atoms with E-state index in [1.165, 1.54) is 5.56 Å². The highest BCUT2D eigenvalue weighted by molar-refractivity contribution is 5.27. The summed E-state index contributed by atoms with van der Waals surface area (Å²) in [7, 11) is 1.69. The summed E-state index contributed by atoms with van der Waals surface area (Å²) in [4.78, 5) is 2.43. The molecule has 0 aliphatic heterocycles. The minimum absolute atomic E-state index is 0.497. The summed E-state index contributed by atoms with van der Waals surface area (Å²) in [5, 5.41) is 8.59. The largest absolute Gasteiger partial charge is 0.497 e. The van der Waals surface area contributed by atoms with E-state index in [0.29, 0.717) is 12.5 Å². The van der Waals surface area contributed by atoms with Gasteiger partial charge in [-0.05, 0) is 50.6 Å². The van der Waals surface area contributed by atoms with Gasteiger partial charge in [-0.15, -0.1) is 0 Å². The molecule has 104 valence electrons. The van der Waals surface area contributed by atoms with Crippen molar-refractivity contribution in [1.82, 2.24) is 4.90 Å². The maximum Gasteiger partial charge on any atom is 0.118 e. The number of methoxy groups -OCH3 is 1. The summed E-state index contributed by atoms with van der Waals surface area (Å²) >= 11 is 0. The summed E-state index contributed by atoms with van der Waals surface area (Å²) in [6, 6.07) is 11.0. The molecule has 19 heavy (non-hydrogen) atoms. The van der Waals surface area contributed by atoms with Gasteiger partial charge in [0.2, 0.25) is 0 Å². The zero-order valence-corrected chi connectivity index (χ0v) is 12.2. The van der Waals surface area contributed by atoms with E-state index in [9.17, 15) is 0 Å². The highest BCUT2D eigenvalue weighted by Crippen LogP contribution is 2.14. The van der Waals surface area contributed by atoms with Crippen molar-refractivity contribution in [2.24, 2.45) is 0 Å². The molecule has 1 aromatic carbocycles. The molecule has 0 fully saturated rings. The first-order chi connectivity index (χ1) is 9.21. The van der Waals surface area contributed by atoms with Crippen LogP contribution in [0.15, 0.2) is 24.3 Å². The maximum absolute atomic E-state index is 8.59. The summed E-state index contributed by atoms with van der Waals surface area (Å²) in [6.07, 6.45) is 2.63. The predicted molar refractivity (Wildman–Crippen MR) is 78.3 cm³/mol. The van der Waals surface area contributed by atoms with E-state index in [2.05, 4.69) is 36.9 Å². The number of rotatable bonds is 8. The standard InChI is InChI=1S/C16H24N2O/c1-4-18(12-6-5-11-17)14(2)13-15-7-9-16(19-3)10-8-15/h7-10,14H,4-6,12-13H2,1-3H3. The third-order valence-corrected chi connectivity index (χ3v) is 3.45. The molecule has 0 amide bonds. The van der Waals surface area contributed by atoms with Gasteiger partial charge in [0.15, 0.2) is 0 Å². The van der Waals surface area contributed by atoms with Crippen LogP contribution in [0.4, 0.5) is 0 Å². The number of likely N-dealkylation sites (N-methyl/N-ethyl adjacent to an activating group) is 1. The van der Waals surface area contributed by atoms with Crippen LogP contribution in [0.3, 0.4) is 0 Å². The van der Waals surface area contributed by atoms with Gasteiger partial charge in [0.25, 0.3) is 0 Å². The maximum atomic E-state index is 8.59. The quantitative estimate of drug-likeness (QED) is 0.673. The SMILES string of the molecule is CCN(CCCC#N)C(C)Cc1ccc(OC)cc1. The predicted octanol–water partition coefficient (Wildman–Crippen LogP) is 3.25. The Hall–Kier alpha value is -1.53. The third kappa shape index (κ3) is 5.32. The van der Waals surface area contributed by atoms with Crippen molar-refractivity contribution in [2.75, 3.05) is 20.2 Å². The van der Waals surface area contributed by atoms with E-state index in [0.717, 1.165) is 31.7 Å². The first-order valence-electron chi connectivity index (χ1n) is 6.95. The molecule has 3 nitrogen and oxygen atoms in total. The van der Waals surface area contributed by atoms with E-state index in [4.69, 9.17) is 10.00 Å². The molecular weight excluding hydrogens is 236 g/mol. The molecule has 0 saturated carbocycles. The lowest BCUT2D eigenvalue weighted by Gasteiger charge is -2.27. The van der Waals surface area contributed by atoms with Gasteiger partial charge in [0, 0.05) is 12.5 Å². The summed E-state index contributed by atoms with van der Waals surface area (Å²) in [6.45, 7) is 6.46. The summed E-state index contributed by atoms with van der Waals surface area (Å²) < 4.78 is 5.17. The van der Waals surface area contributed by atoms with Crippen molar-refractivity contribution in [3.8, 4) is 11.8 Å². The molecule has 3 heteroatoms. The molecule has 0 spiro atoms. The molecule has 0 saturated heterocycles. The van der Waals surface area contributed by atoms with Gasteiger partial charge in [0.1, 0.15) is 5.75 Å². The second-order valence-corrected chi connectivity index (χ2v) is 4.79. The van der Waals surface area contributed by atoms with Gasteiger partial charge < -0.3 is 9.64 Å². The van der Waals surface area contributed by atoms with E-state index in [1.807, 2.05) is 12.1 Å². The van der Waals surface area contributed by atoms with Gasteiger partial charge in [-0.2, -0.15) is 5.26 Å². The van der Waals surface area contributed by atoms with Crippen molar-refractivity contribution < 1.29 is 4.74 Å². The average Bonchev–Trinajstić information content (AvgIpc) is 2.44. The van der Waals surface area contributed by atoms with Crippen LogP contribution < -0.4 is 4.74 Å². The van der Waals surface area contributed by atoms with Crippen LogP contribution in [0.2, 0.25) is 0 Å². The Balaban J connectivity index is 2.50. The number of ether oxygens (including phenoxy) is 1. The normalized spacial score (nSPS) is 12.2. The van der Waals surface area contributed by atoms with Crippen LogP contribution in [0.25, 0.3) is 0 Å². The van der Waals surface area contributed by atoms with Crippen LogP contribution in [0.1, 0.15) is 32.3 Å². The Bertz CT molecular complexity index is 394. The average molecular weight is 260 g/mol. The second kappa shape index (κ2) is 8.55. The zero-order chi connectivity index (χ0) is 14.1. The van der Waals surface area contributed by atoms with Crippen LogP contribution in [0.5, 0.6) is 5.75 Å². The summed E-state index contributed by atoms with van der Waals surface area (Å²) in [5.74, 6) is 0.901. The van der Waals surface area contributed by atoms with Crippen molar-refractivity contribution >= 4 is 0 Å². The lowest BCUT2D eigenvalue weighted by atomic mass is 10.1. The number of unbranched alkanes of at least 4 members (excludes halogenated alkanes) is 1. The van der Waals surface area contributed by atoms with Gasteiger partial charge in [0.05, 0.1) is 13.2 Å². The Kier molecular flexibility index (Phi) is 6.99. The number of hydrogen-bond acceptors (Lipinski definition) is 3. The van der Waals surface area contributed by atoms with Crippen molar-refractivity contribution in [1.29, 1.82) is 5.26 Å². The van der Waals surface area contributed by atoms with E-state index >= 15 is 0 Å². The molecule has 0 aliphatic carbocycles. The second-order valence-electron chi connectivity index (χ2n) is 4.79. The van der Waals surface area contributed by atoms with Crippen molar-refractivity contribution in [3.05, 3.63) is 29.8 Å². The monoisotopic (exact) mass is 260 g/mol. The molecule has 1 aromatic rings. The molecule has 1 unspecified atom stereocenters. The molecule has 1 atom stereocenters. The van der Waals surface area contributed by atoms with Crippen LogP contribution >= 0.6 is 0 Å². The highest BCUT2D eigenvalue weighted by Gasteiger charge is 2.12. The molecule has 0 bridgehead atoms. The minimum Gasteiger partial charge on any atom is -0.497 e. The first kappa shape index (κ1) is 15.5. The Labute approximate surface area is 116 Å². The molecular formula is C16H24N2O. The molecule has 0 heterocycles. The molecule has 0 N–H and O–H groups in total. The lowest BCUT2D eigenvalue weighted by molar-refractivity contribution is 0.216. The highest BCUT2D eigenvalue weighted by atomic mass is 16.5. The molecule has 0 aromatic heterocycles. The van der Waals surface area contributed by atoms with Crippen LogP contribution in [0, 0.1) is 11.3 Å². The van der Waals surface area contributed by atoms with Gasteiger partial charge in [-0.25, -0.2) is 0 Å². The molecule has 0 aliphatic rings. The minimum atomic E-state index is 0.497. The van der Waals surface area contributed by atoms with Gasteiger partial charge in [-0.3, -0.25) is 0 Å². The van der Waals surface area contributed by atoms with Crippen LogP contribution in [-0.4, -0.2) is 31.1 Å². The summed E-state index contributed by atoms with van der Waals surface area (Å²) in [5.41, 5.74) is 1.33. The van der Waals surface area contributed by atoms with Crippen molar-refractivity contribution in [3.63, 3.8) is 0 Å². The van der Waals surface area contributed by atoms with Crippen molar-refractivity contribution in [2.45, 2.75) is 39.2 Å². The first-order valence-corrected chi connectivity index (χ1v) is 6.95. The van der Waals surface area contributed by atoms with E-state index < -0.39 is 0 Å². The number of hydrogen-bond donors (Lipinski definition) is 0. The fourth-order valence-corrected chi connectivity index (χ4v) is 2.28. The van der Waals surface area contributed by atoms with Gasteiger partial charge in [-0.1, -0.05) is 19.1 Å². The Morgan fingerprint density at radius 1 is 1.32 bits per heavy atom. The third-order valence-electron chi connectivity index (χ3n) is 3.45. The smallest absolute Gasteiger partial charge is 0.118 e. The lowest BCUT2D eigenvalue weighted by Crippen LogP contribution is -2.35. The fourth-order valence-electron chi connectivity index (χ4n) is 2.28. The fraction of sp³-hybridized carbons (Fsp3) is 0.562. The number of nitrogens with zero attached hydrogens (tertiary/aromatic N) is 2. The van der Waals surface area contributed by atoms with Crippen LogP contribution in [-0.2, 0) is 6.42 Å². The molecule has 0 radical (unpaired) electrons.